The van der Waals surface area contributed by atoms with Crippen molar-refractivity contribution in [2.24, 2.45) is 0 Å². The second-order valence-electron chi connectivity index (χ2n) is 3.91. The van der Waals surface area contributed by atoms with Gasteiger partial charge in [-0.25, -0.2) is 12.8 Å². The number of methoxy groups -OCH3 is 1. The van der Waals surface area contributed by atoms with Crippen LogP contribution in [-0.2, 0) is 14.8 Å². The molecule has 0 saturated heterocycles. The standard InChI is InChI=1S/C11H14Br2FNO3S/c1-15(6-9(13)7-18-2)19(16,17)11-4-3-8(12)5-10(11)14/h3-5,9H,6-7H2,1-2H3. The van der Waals surface area contributed by atoms with Gasteiger partial charge in [-0.2, -0.15) is 4.31 Å². The monoisotopic (exact) mass is 417 g/mol. The Labute approximate surface area is 129 Å². The molecule has 1 rings (SSSR count). The van der Waals surface area contributed by atoms with Gasteiger partial charge in [0.1, 0.15) is 10.7 Å². The average Bonchev–Trinajstić information content (AvgIpc) is 2.28. The SMILES string of the molecule is COCC(Br)CN(C)S(=O)(=O)c1ccc(Br)cc1F. The summed E-state index contributed by atoms with van der Waals surface area (Å²) in [6, 6.07) is 3.86. The molecule has 19 heavy (non-hydrogen) atoms. The highest BCUT2D eigenvalue weighted by molar-refractivity contribution is 9.10. The zero-order valence-electron chi connectivity index (χ0n) is 10.4. The quantitative estimate of drug-likeness (QED) is 0.667. The van der Waals surface area contributed by atoms with E-state index < -0.39 is 15.8 Å². The van der Waals surface area contributed by atoms with Crippen LogP contribution in [0.1, 0.15) is 0 Å². The summed E-state index contributed by atoms with van der Waals surface area (Å²) in [5, 5.41) is 0. The lowest BCUT2D eigenvalue weighted by molar-refractivity contribution is 0.195. The van der Waals surface area contributed by atoms with E-state index in [0.717, 1.165) is 10.4 Å². The molecule has 0 amide bonds. The number of hydrogen-bond acceptors (Lipinski definition) is 3. The third-order valence-electron chi connectivity index (χ3n) is 2.38. The molecule has 0 aliphatic rings. The average molecular weight is 419 g/mol. The van der Waals surface area contributed by atoms with Crippen LogP contribution in [0.3, 0.4) is 0 Å². The van der Waals surface area contributed by atoms with E-state index in [2.05, 4.69) is 31.9 Å². The topological polar surface area (TPSA) is 46.6 Å². The lowest BCUT2D eigenvalue weighted by atomic mass is 10.3. The van der Waals surface area contributed by atoms with E-state index in [4.69, 9.17) is 4.74 Å². The minimum atomic E-state index is -3.85. The first-order valence-electron chi connectivity index (χ1n) is 5.33. The van der Waals surface area contributed by atoms with Gasteiger partial charge in [-0.1, -0.05) is 31.9 Å². The van der Waals surface area contributed by atoms with Crippen LogP contribution >= 0.6 is 31.9 Å². The Morgan fingerprint density at radius 2 is 2.11 bits per heavy atom. The fourth-order valence-electron chi connectivity index (χ4n) is 1.46. The molecule has 0 saturated carbocycles. The van der Waals surface area contributed by atoms with Gasteiger partial charge < -0.3 is 4.74 Å². The molecule has 0 aliphatic heterocycles. The maximum atomic E-state index is 13.7. The molecular formula is C11H14Br2FNO3S. The van der Waals surface area contributed by atoms with E-state index in [9.17, 15) is 12.8 Å². The van der Waals surface area contributed by atoms with Crippen molar-refractivity contribution >= 4 is 41.9 Å². The van der Waals surface area contributed by atoms with Crippen LogP contribution in [0, 0.1) is 5.82 Å². The second-order valence-corrected chi connectivity index (χ2v) is 8.14. The molecule has 0 radical (unpaired) electrons. The third-order valence-corrected chi connectivity index (χ3v) is 5.29. The molecule has 1 aromatic carbocycles. The molecule has 0 aliphatic carbocycles. The number of ether oxygens (including phenoxy) is 1. The van der Waals surface area contributed by atoms with Gasteiger partial charge >= 0.3 is 0 Å². The van der Waals surface area contributed by atoms with Crippen LogP contribution in [0.5, 0.6) is 0 Å². The Hall–Kier alpha value is -0.0200. The second kappa shape index (κ2) is 7.12. The van der Waals surface area contributed by atoms with Gasteiger partial charge in [0.25, 0.3) is 0 Å². The van der Waals surface area contributed by atoms with Gasteiger partial charge in [0, 0.05) is 25.2 Å². The van der Waals surface area contributed by atoms with Gasteiger partial charge in [-0.3, -0.25) is 0 Å². The van der Waals surface area contributed by atoms with Crippen molar-refractivity contribution in [3.05, 3.63) is 28.5 Å². The highest BCUT2D eigenvalue weighted by Crippen LogP contribution is 2.22. The number of rotatable bonds is 6. The smallest absolute Gasteiger partial charge is 0.245 e. The molecule has 1 unspecified atom stereocenters. The molecule has 108 valence electrons. The van der Waals surface area contributed by atoms with Gasteiger partial charge in [0.05, 0.1) is 11.4 Å². The van der Waals surface area contributed by atoms with Gasteiger partial charge in [0.2, 0.25) is 10.0 Å². The van der Waals surface area contributed by atoms with Crippen molar-refractivity contribution in [3.8, 4) is 0 Å². The van der Waals surface area contributed by atoms with Crippen molar-refractivity contribution < 1.29 is 17.5 Å². The Kier molecular flexibility index (Phi) is 6.38. The summed E-state index contributed by atoms with van der Waals surface area (Å²) >= 11 is 6.39. The summed E-state index contributed by atoms with van der Waals surface area (Å²) in [7, 11) is -0.919. The van der Waals surface area contributed by atoms with E-state index in [-0.39, 0.29) is 16.3 Å². The summed E-state index contributed by atoms with van der Waals surface area (Å²) < 4.78 is 44.6. The Bertz CT molecular complexity index is 539. The highest BCUT2D eigenvalue weighted by Gasteiger charge is 2.26. The number of alkyl halides is 1. The molecule has 0 spiro atoms. The number of halogens is 3. The zero-order chi connectivity index (χ0) is 14.6. The predicted octanol–water partition coefficient (Wildman–Crippen LogP) is 2.62. The van der Waals surface area contributed by atoms with Crippen LogP contribution in [0.15, 0.2) is 27.6 Å². The van der Waals surface area contributed by atoms with Crippen molar-refractivity contribution in [1.29, 1.82) is 0 Å². The first kappa shape index (κ1) is 17.0. The van der Waals surface area contributed by atoms with E-state index in [1.54, 1.807) is 0 Å². The minimum Gasteiger partial charge on any atom is -0.383 e. The minimum absolute atomic E-state index is 0.157. The molecule has 1 aromatic rings. The number of sulfonamides is 1. The summed E-state index contributed by atoms with van der Waals surface area (Å²) in [5.74, 6) is -0.779. The molecule has 0 N–H and O–H groups in total. The molecular weight excluding hydrogens is 405 g/mol. The van der Waals surface area contributed by atoms with Gasteiger partial charge in [0.15, 0.2) is 0 Å². The van der Waals surface area contributed by atoms with Crippen LogP contribution in [0.4, 0.5) is 4.39 Å². The molecule has 1 atom stereocenters. The Morgan fingerprint density at radius 3 is 2.63 bits per heavy atom. The van der Waals surface area contributed by atoms with Crippen LogP contribution < -0.4 is 0 Å². The number of nitrogens with zero attached hydrogens (tertiary/aromatic N) is 1. The van der Waals surface area contributed by atoms with Crippen molar-refractivity contribution in [1.82, 2.24) is 4.31 Å². The normalized spacial score (nSPS) is 13.8. The summed E-state index contributed by atoms with van der Waals surface area (Å²) in [5.41, 5.74) is 0. The fourth-order valence-corrected chi connectivity index (χ4v) is 3.94. The summed E-state index contributed by atoms with van der Waals surface area (Å²) in [4.78, 5) is -0.494. The molecule has 0 bridgehead atoms. The number of benzene rings is 1. The zero-order valence-corrected chi connectivity index (χ0v) is 14.4. The lowest BCUT2D eigenvalue weighted by Gasteiger charge is -2.20. The molecule has 0 heterocycles. The maximum Gasteiger partial charge on any atom is 0.245 e. The first-order chi connectivity index (χ1) is 8.78. The van der Waals surface area contributed by atoms with E-state index >= 15 is 0 Å². The van der Waals surface area contributed by atoms with E-state index in [0.29, 0.717) is 11.1 Å². The Balaban J connectivity index is 2.97. The van der Waals surface area contributed by atoms with Gasteiger partial charge in [-0.05, 0) is 18.2 Å². The fraction of sp³-hybridized carbons (Fsp3) is 0.455. The summed E-state index contributed by atoms with van der Waals surface area (Å²) in [6.45, 7) is 0.550. The molecule has 0 fully saturated rings. The lowest BCUT2D eigenvalue weighted by Crippen LogP contribution is -2.34. The van der Waals surface area contributed by atoms with E-state index in [1.807, 2.05) is 0 Å². The maximum absolute atomic E-state index is 13.7. The molecule has 0 aromatic heterocycles. The van der Waals surface area contributed by atoms with Gasteiger partial charge in [-0.15, -0.1) is 0 Å². The van der Waals surface area contributed by atoms with Crippen LogP contribution in [0.2, 0.25) is 0 Å². The van der Waals surface area contributed by atoms with Crippen molar-refractivity contribution in [2.45, 2.75) is 9.72 Å². The highest BCUT2D eigenvalue weighted by atomic mass is 79.9. The van der Waals surface area contributed by atoms with Crippen LogP contribution in [-0.4, -0.2) is 44.9 Å². The Morgan fingerprint density at radius 1 is 1.47 bits per heavy atom. The molecule has 8 heteroatoms. The first-order valence-corrected chi connectivity index (χ1v) is 8.48. The third kappa shape index (κ3) is 4.49. The largest absolute Gasteiger partial charge is 0.383 e. The predicted molar refractivity (Wildman–Crippen MR) is 78.5 cm³/mol. The van der Waals surface area contributed by atoms with E-state index in [1.165, 1.54) is 26.3 Å². The van der Waals surface area contributed by atoms with Crippen molar-refractivity contribution in [3.63, 3.8) is 0 Å². The summed E-state index contributed by atoms with van der Waals surface area (Å²) in [6.07, 6.45) is 0. The van der Waals surface area contributed by atoms with Crippen molar-refractivity contribution in [2.75, 3.05) is 27.3 Å². The van der Waals surface area contributed by atoms with Crippen LogP contribution in [0.25, 0.3) is 0 Å². The number of hydrogen-bond donors (Lipinski definition) is 0. The molecule has 4 nitrogen and oxygen atoms in total.